The van der Waals surface area contributed by atoms with Crippen LogP contribution in [-0.2, 0) is 11.2 Å². The number of nitrogens with one attached hydrogen (secondary N) is 1. The molecule has 3 aromatic rings. The molecule has 0 unspecified atom stereocenters. The van der Waals surface area contributed by atoms with E-state index in [0.717, 1.165) is 22.5 Å². The molecule has 1 atom stereocenters. The van der Waals surface area contributed by atoms with Crippen LogP contribution in [0.1, 0.15) is 41.9 Å². The lowest BCUT2D eigenvalue weighted by molar-refractivity contribution is -0.121. The summed E-state index contributed by atoms with van der Waals surface area (Å²) in [4.78, 5) is 20.9. The Bertz CT molecular complexity index is 921. The van der Waals surface area contributed by atoms with Gasteiger partial charge in [-0.1, -0.05) is 23.7 Å². The highest BCUT2D eigenvalue weighted by Gasteiger charge is 2.14. The zero-order chi connectivity index (χ0) is 18.0. The number of nitrogens with zero attached hydrogens (tertiary/aromatic N) is 4. The maximum atomic E-state index is 12.3. The summed E-state index contributed by atoms with van der Waals surface area (Å²) in [7, 11) is 0. The summed E-state index contributed by atoms with van der Waals surface area (Å²) in [6, 6.07) is 7.42. The Morgan fingerprint density at radius 2 is 2.16 bits per heavy atom. The molecule has 0 aliphatic carbocycles. The lowest BCUT2D eigenvalue weighted by Crippen LogP contribution is -2.27. The number of aromatic nitrogens is 4. The van der Waals surface area contributed by atoms with Gasteiger partial charge in [-0.25, -0.2) is 9.50 Å². The molecule has 130 valence electrons. The molecule has 0 radical (unpaired) electrons. The SMILES string of the molecule is Cc1nc2ncnn2c(C)c1CCC(=O)N[C@H](C)c1cccc(Cl)c1. The number of hydrogen-bond acceptors (Lipinski definition) is 4. The number of halogens is 1. The summed E-state index contributed by atoms with van der Waals surface area (Å²) in [5, 5.41) is 7.85. The molecule has 25 heavy (non-hydrogen) atoms. The van der Waals surface area contributed by atoms with Gasteiger partial charge in [0.05, 0.1) is 6.04 Å². The van der Waals surface area contributed by atoms with Gasteiger partial charge >= 0.3 is 0 Å². The Morgan fingerprint density at radius 1 is 1.36 bits per heavy atom. The average molecular weight is 358 g/mol. The number of carbonyl (C=O) groups is 1. The fraction of sp³-hybridized carbons (Fsp3) is 0.333. The Balaban J connectivity index is 1.66. The molecular formula is C18H20ClN5O. The third kappa shape index (κ3) is 3.79. The van der Waals surface area contributed by atoms with E-state index in [9.17, 15) is 4.79 Å². The summed E-state index contributed by atoms with van der Waals surface area (Å²) in [5.74, 6) is 0.572. The van der Waals surface area contributed by atoms with Crippen LogP contribution < -0.4 is 5.32 Å². The van der Waals surface area contributed by atoms with Crippen molar-refractivity contribution in [2.75, 3.05) is 0 Å². The zero-order valence-electron chi connectivity index (χ0n) is 14.5. The van der Waals surface area contributed by atoms with Crippen LogP contribution in [0.3, 0.4) is 0 Å². The van der Waals surface area contributed by atoms with E-state index < -0.39 is 0 Å². The van der Waals surface area contributed by atoms with Crippen molar-refractivity contribution in [3.63, 3.8) is 0 Å². The number of hydrogen-bond donors (Lipinski definition) is 1. The molecule has 0 fully saturated rings. The second-order valence-corrected chi connectivity index (χ2v) is 6.51. The lowest BCUT2D eigenvalue weighted by atomic mass is 10.1. The van der Waals surface area contributed by atoms with E-state index in [-0.39, 0.29) is 11.9 Å². The first-order valence-corrected chi connectivity index (χ1v) is 8.54. The van der Waals surface area contributed by atoms with Gasteiger partial charge in [0.15, 0.2) is 0 Å². The van der Waals surface area contributed by atoms with Crippen LogP contribution >= 0.6 is 11.6 Å². The van der Waals surface area contributed by atoms with Crippen molar-refractivity contribution in [2.24, 2.45) is 0 Å². The minimum absolute atomic E-state index is 0.00929. The first-order valence-electron chi connectivity index (χ1n) is 8.16. The molecule has 2 heterocycles. The molecule has 0 aliphatic rings. The van der Waals surface area contributed by atoms with Crippen molar-refractivity contribution in [3.05, 3.63) is 58.1 Å². The van der Waals surface area contributed by atoms with E-state index in [4.69, 9.17) is 11.6 Å². The lowest BCUT2D eigenvalue weighted by Gasteiger charge is -2.15. The zero-order valence-corrected chi connectivity index (χ0v) is 15.2. The minimum Gasteiger partial charge on any atom is -0.350 e. The highest BCUT2D eigenvalue weighted by molar-refractivity contribution is 6.30. The first kappa shape index (κ1) is 17.4. The van der Waals surface area contributed by atoms with Crippen molar-refractivity contribution in [1.82, 2.24) is 24.9 Å². The Kier molecular flexibility index (Phi) is 4.99. The largest absolute Gasteiger partial charge is 0.350 e. The number of benzene rings is 1. The molecule has 6 nitrogen and oxygen atoms in total. The molecule has 2 aromatic heterocycles. The standard InChI is InChI=1S/C18H20ClN5O/c1-11(14-5-4-6-15(19)9-14)22-17(25)8-7-16-12(2)23-18-20-10-21-24(18)13(16)3/h4-6,9-11H,7-8H2,1-3H3,(H,22,25)/t11-/m1/s1. The molecule has 7 heteroatoms. The summed E-state index contributed by atoms with van der Waals surface area (Å²) in [5.41, 5.74) is 3.87. The average Bonchev–Trinajstić information content (AvgIpc) is 3.03. The molecule has 0 aliphatic heterocycles. The van der Waals surface area contributed by atoms with Crippen molar-refractivity contribution < 1.29 is 4.79 Å². The second-order valence-electron chi connectivity index (χ2n) is 6.08. The van der Waals surface area contributed by atoms with Crippen LogP contribution in [0.15, 0.2) is 30.6 Å². The third-order valence-corrected chi connectivity index (χ3v) is 4.55. The summed E-state index contributed by atoms with van der Waals surface area (Å²) in [6.45, 7) is 5.85. The van der Waals surface area contributed by atoms with E-state index in [1.807, 2.05) is 45.0 Å². The molecular weight excluding hydrogens is 338 g/mol. The first-order chi connectivity index (χ1) is 12.0. The topological polar surface area (TPSA) is 72.2 Å². The smallest absolute Gasteiger partial charge is 0.252 e. The van der Waals surface area contributed by atoms with E-state index in [1.54, 1.807) is 4.52 Å². The van der Waals surface area contributed by atoms with Gasteiger partial charge in [-0.2, -0.15) is 10.1 Å². The van der Waals surface area contributed by atoms with Crippen molar-refractivity contribution in [3.8, 4) is 0 Å². The van der Waals surface area contributed by atoms with Crippen LogP contribution in [0.25, 0.3) is 5.78 Å². The van der Waals surface area contributed by atoms with Crippen LogP contribution in [0, 0.1) is 13.8 Å². The van der Waals surface area contributed by atoms with Gasteiger partial charge in [-0.05, 0) is 50.5 Å². The molecule has 0 bridgehead atoms. The molecule has 1 aromatic carbocycles. The summed E-state index contributed by atoms with van der Waals surface area (Å²) >= 11 is 6.01. The highest BCUT2D eigenvalue weighted by atomic mass is 35.5. The van der Waals surface area contributed by atoms with Crippen molar-refractivity contribution >= 4 is 23.3 Å². The number of amides is 1. The van der Waals surface area contributed by atoms with Gasteiger partial charge in [0, 0.05) is 22.8 Å². The van der Waals surface area contributed by atoms with E-state index >= 15 is 0 Å². The minimum atomic E-state index is -0.0932. The molecule has 0 saturated carbocycles. The quantitative estimate of drug-likeness (QED) is 0.761. The molecule has 0 saturated heterocycles. The van der Waals surface area contributed by atoms with Gasteiger partial charge in [0.1, 0.15) is 6.33 Å². The monoisotopic (exact) mass is 357 g/mol. The van der Waals surface area contributed by atoms with Crippen molar-refractivity contribution in [1.29, 1.82) is 0 Å². The van der Waals surface area contributed by atoms with Crippen LogP contribution in [-0.4, -0.2) is 25.5 Å². The van der Waals surface area contributed by atoms with Crippen molar-refractivity contribution in [2.45, 2.75) is 39.7 Å². The Morgan fingerprint density at radius 3 is 2.92 bits per heavy atom. The number of carbonyl (C=O) groups excluding carboxylic acids is 1. The second kappa shape index (κ2) is 7.19. The molecule has 1 amide bonds. The fourth-order valence-electron chi connectivity index (χ4n) is 2.93. The Hall–Kier alpha value is -2.47. The maximum absolute atomic E-state index is 12.3. The van der Waals surface area contributed by atoms with E-state index in [2.05, 4.69) is 20.4 Å². The van der Waals surface area contributed by atoms with Gasteiger partial charge in [0.2, 0.25) is 5.91 Å². The number of aryl methyl sites for hydroxylation is 2. The van der Waals surface area contributed by atoms with E-state index in [0.29, 0.717) is 23.6 Å². The number of rotatable bonds is 5. The van der Waals surface area contributed by atoms with Crippen LogP contribution in [0.2, 0.25) is 5.02 Å². The van der Waals surface area contributed by atoms with Gasteiger partial charge in [-0.15, -0.1) is 0 Å². The predicted octanol–water partition coefficient (Wildman–Crippen LogP) is 3.20. The van der Waals surface area contributed by atoms with Gasteiger partial charge < -0.3 is 5.32 Å². The predicted molar refractivity (Wildman–Crippen MR) is 96.6 cm³/mol. The molecule has 3 rings (SSSR count). The summed E-state index contributed by atoms with van der Waals surface area (Å²) in [6.07, 6.45) is 2.47. The highest BCUT2D eigenvalue weighted by Crippen LogP contribution is 2.18. The van der Waals surface area contributed by atoms with E-state index in [1.165, 1.54) is 6.33 Å². The third-order valence-electron chi connectivity index (χ3n) is 4.32. The van der Waals surface area contributed by atoms with Crippen LogP contribution in [0.5, 0.6) is 0 Å². The normalized spacial score (nSPS) is 12.3. The Labute approximate surface area is 151 Å². The fourth-order valence-corrected chi connectivity index (χ4v) is 3.13. The van der Waals surface area contributed by atoms with Gasteiger partial charge in [-0.3, -0.25) is 4.79 Å². The molecule has 0 spiro atoms. The maximum Gasteiger partial charge on any atom is 0.252 e. The summed E-state index contributed by atoms with van der Waals surface area (Å²) < 4.78 is 1.70. The van der Waals surface area contributed by atoms with Gasteiger partial charge in [0.25, 0.3) is 5.78 Å². The molecule has 1 N–H and O–H groups in total. The number of fused-ring (bicyclic) bond motifs is 1. The van der Waals surface area contributed by atoms with Crippen LogP contribution in [0.4, 0.5) is 0 Å².